The van der Waals surface area contributed by atoms with Gasteiger partial charge in [0.2, 0.25) is 18.3 Å². The molecule has 1 unspecified atom stereocenters. The van der Waals surface area contributed by atoms with Gasteiger partial charge >= 0.3 is 0 Å². The van der Waals surface area contributed by atoms with Crippen molar-refractivity contribution in [1.29, 1.82) is 0 Å². The number of aldehydes is 1. The van der Waals surface area contributed by atoms with E-state index >= 15 is 4.39 Å². The smallest absolute Gasteiger partial charge is 0.236 e. The quantitative estimate of drug-likeness (QED) is 0.0939. The Morgan fingerprint density at radius 1 is 1.00 bits per heavy atom. The standard InChI is InChI=1S/C34H40FN9O2S.C6H12O.C4H7NO2/c1-36-30-26-5-3-22(18-29(26)42(2)41-30)21-7-13-43(14-8-21)20-23-17-25(4-6-28(23)35)47(46)44-15-9-24(10-16-44)38-33-37-19-27-31(40-33)39-32(45)34(27)11-12-34;7-6-4-2-1-3-5-6;6-3-1-2-5-4-7/h3-6,17-19,21,24H,7-16,20H2,1-2H3,(H,36,41)(H2,37,38,39,40,45);6-7H,1-5H2;3-4H,1-2H2,(H,5,7). The largest absolute Gasteiger partial charge is 0.393 e. The third-order valence-corrected chi connectivity index (χ3v) is 14.1. The van der Waals surface area contributed by atoms with E-state index in [1.807, 2.05) is 23.1 Å². The van der Waals surface area contributed by atoms with Crippen molar-refractivity contribution in [3.8, 4) is 0 Å². The van der Waals surface area contributed by atoms with Crippen LogP contribution in [0.15, 0.2) is 47.5 Å². The Bertz CT molecular complexity index is 2170. The summed E-state index contributed by atoms with van der Waals surface area (Å²) in [5.41, 5.74) is 3.55. The van der Waals surface area contributed by atoms with Crippen LogP contribution in [0.1, 0.15) is 99.7 Å². The van der Waals surface area contributed by atoms with E-state index in [4.69, 9.17) is 5.11 Å². The third-order valence-electron chi connectivity index (χ3n) is 12.6. The van der Waals surface area contributed by atoms with Crippen LogP contribution in [0.4, 0.5) is 22.0 Å². The normalized spacial score (nSPS) is 19.8. The summed E-state index contributed by atoms with van der Waals surface area (Å²) >= 11 is 0. The first-order valence-electron chi connectivity index (χ1n) is 21.7. The number of benzene rings is 2. The highest BCUT2D eigenvalue weighted by Gasteiger charge is 2.57. The molecule has 2 saturated carbocycles. The number of nitrogens with one attached hydrogen (secondary N) is 4. The highest BCUT2D eigenvalue weighted by atomic mass is 32.2. The molecule has 15 nitrogen and oxygen atoms in total. The van der Waals surface area contributed by atoms with Crippen LogP contribution in [0.3, 0.4) is 0 Å². The fourth-order valence-corrected chi connectivity index (χ4v) is 10.1. The number of likely N-dealkylation sites (tertiary alicyclic amines) is 1. The monoisotopic (exact) mass is 858 g/mol. The minimum Gasteiger partial charge on any atom is -0.393 e. The number of carbonyl (C=O) groups is 3. The summed E-state index contributed by atoms with van der Waals surface area (Å²) in [5, 5.41) is 26.4. The van der Waals surface area contributed by atoms with Crippen LogP contribution < -0.4 is 21.3 Å². The van der Waals surface area contributed by atoms with Crippen LogP contribution in [0.5, 0.6) is 0 Å². The molecular formula is C44H59FN10O5S. The summed E-state index contributed by atoms with van der Waals surface area (Å²) in [5.74, 6) is 2.24. The second kappa shape index (κ2) is 20.4. The summed E-state index contributed by atoms with van der Waals surface area (Å²) in [6, 6.07) is 11.7. The van der Waals surface area contributed by atoms with Gasteiger partial charge in [0.1, 0.15) is 28.9 Å². The fourth-order valence-electron chi connectivity index (χ4n) is 8.81. The number of aliphatic hydroxyl groups excluding tert-OH is 1. The molecule has 2 aromatic heterocycles. The van der Waals surface area contributed by atoms with Gasteiger partial charge in [0.25, 0.3) is 0 Å². The van der Waals surface area contributed by atoms with Crippen molar-refractivity contribution in [2.75, 3.05) is 55.7 Å². The maximum Gasteiger partial charge on any atom is 0.236 e. The number of nitrogens with zero attached hydrogens (tertiary/aromatic N) is 6. The lowest BCUT2D eigenvalue weighted by atomic mass is 9.89. The van der Waals surface area contributed by atoms with Crippen molar-refractivity contribution in [2.45, 2.75) is 112 Å². The summed E-state index contributed by atoms with van der Waals surface area (Å²) in [6.07, 6.45) is 14.7. The molecule has 328 valence electrons. The van der Waals surface area contributed by atoms with Crippen molar-refractivity contribution in [3.63, 3.8) is 0 Å². The van der Waals surface area contributed by atoms with Crippen molar-refractivity contribution in [2.24, 2.45) is 7.05 Å². The second-order valence-electron chi connectivity index (χ2n) is 16.7. The molecule has 0 bridgehead atoms. The van der Waals surface area contributed by atoms with Gasteiger partial charge in [-0.05, 0) is 106 Å². The molecule has 2 aromatic carbocycles. The van der Waals surface area contributed by atoms with Crippen LogP contribution in [0.25, 0.3) is 10.9 Å². The molecule has 1 spiro atoms. The Morgan fingerprint density at radius 3 is 2.41 bits per heavy atom. The molecule has 2 saturated heterocycles. The third kappa shape index (κ3) is 10.6. The number of aliphatic hydroxyl groups is 1. The van der Waals surface area contributed by atoms with Gasteiger partial charge in [-0.15, -0.1) is 0 Å². The number of hydrogen-bond acceptors (Lipinski definition) is 11. The number of hydrogen-bond donors (Lipinski definition) is 5. The Balaban J connectivity index is 0.000000343. The molecule has 61 heavy (non-hydrogen) atoms. The molecule has 4 fully saturated rings. The summed E-state index contributed by atoms with van der Waals surface area (Å²) in [6.45, 7) is 3.98. The number of carbonyl (C=O) groups excluding carboxylic acids is 3. The molecule has 17 heteroatoms. The molecule has 1 atom stereocenters. The van der Waals surface area contributed by atoms with Gasteiger partial charge in [-0.2, -0.15) is 10.1 Å². The van der Waals surface area contributed by atoms with Crippen molar-refractivity contribution < 1.29 is 28.1 Å². The predicted octanol–water partition coefficient (Wildman–Crippen LogP) is 5.14. The zero-order valence-corrected chi connectivity index (χ0v) is 36.0. The van der Waals surface area contributed by atoms with Gasteiger partial charge in [-0.3, -0.25) is 19.2 Å². The number of fused-ring (bicyclic) bond motifs is 3. The number of aryl methyl sites for hydroxylation is 1. The zero-order valence-electron chi connectivity index (χ0n) is 35.2. The van der Waals surface area contributed by atoms with E-state index in [-0.39, 0.29) is 23.9 Å². The van der Waals surface area contributed by atoms with Crippen LogP contribution >= 0.6 is 0 Å². The molecule has 4 aromatic rings. The van der Waals surface area contributed by atoms with Crippen LogP contribution in [-0.2, 0) is 44.4 Å². The highest BCUT2D eigenvalue weighted by Crippen LogP contribution is 2.54. The second-order valence-corrected chi connectivity index (χ2v) is 18.2. The molecule has 5 heterocycles. The van der Waals surface area contributed by atoms with E-state index in [0.717, 1.165) is 93.0 Å². The van der Waals surface area contributed by atoms with E-state index in [1.54, 1.807) is 18.3 Å². The maximum absolute atomic E-state index is 15.0. The maximum atomic E-state index is 15.0. The lowest BCUT2D eigenvalue weighted by Gasteiger charge is -2.33. The molecule has 5 N–H and O–H groups in total. The van der Waals surface area contributed by atoms with Gasteiger partial charge in [-0.1, -0.05) is 25.3 Å². The van der Waals surface area contributed by atoms with Gasteiger partial charge in [0.05, 0.1) is 21.9 Å². The van der Waals surface area contributed by atoms with Crippen LogP contribution in [0, 0.1) is 5.82 Å². The fraction of sp³-hybridized carbons (Fsp3) is 0.545. The Kier molecular flexibility index (Phi) is 14.8. The van der Waals surface area contributed by atoms with Gasteiger partial charge in [0, 0.05) is 75.4 Å². The number of piperidine rings is 2. The molecule has 2 aliphatic carbocycles. The van der Waals surface area contributed by atoms with E-state index in [2.05, 4.69) is 59.4 Å². The molecule has 3 aliphatic heterocycles. The molecule has 9 rings (SSSR count). The first-order valence-corrected chi connectivity index (χ1v) is 22.8. The molecule has 2 amide bonds. The first-order chi connectivity index (χ1) is 29.6. The van der Waals surface area contributed by atoms with Gasteiger partial charge < -0.3 is 31.2 Å². The summed E-state index contributed by atoms with van der Waals surface area (Å²) in [7, 11) is 2.49. The number of aromatic nitrogens is 4. The lowest BCUT2D eigenvalue weighted by molar-refractivity contribution is -0.118. The van der Waals surface area contributed by atoms with E-state index < -0.39 is 16.4 Å². The molecular weight excluding hydrogens is 800 g/mol. The highest BCUT2D eigenvalue weighted by molar-refractivity contribution is 7.82. The Hall–Kier alpha value is -4.84. The number of halogens is 1. The van der Waals surface area contributed by atoms with Gasteiger partial charge in [-0.25, -0.2) is 17.9 Å². The minimum atomic E-state index is -1.38. The lowest BCUT2D eigenvalue weighted by Crippen LogP contribution is -2.40. The van der Waals surface area contributed by atoms with E-state index in [1.165, 1.54) is 30.9 Å². The Labute approximate surface area is 359 Å². The SMILES string of the molecule is CNc1nn(C)c2cc(C3CCN(Cc4cc(S(=O)N5CCC(Nc6ncc7c(n6)NC(=O)C76CC6)CC5)ccc4F)CC3)ccc12.O=CCCNC=O.OC1CCCCC1. The zero-order chi connectivity index (χ0) is 42.9. The van der Waals surface area contributed by atoms with Crippen molar-refractivity contribution >= 4 is 58.1 Å². The summed E-state index contributed by atoms with van der Waals surface area (Å²) in [4.78, 5) is 43.3. The molecule has 5 aliphatic rings. The topological polar surface area (TPSA) is 187 Å². The van der Waals surface area contributed by atoms with Crippen molar-refractivity contribution in [1.82, 2.24) is 34.3 Å². The minimum absolute atomic E-state index is 0.0296. The number of rotatable bonds is 12. The van der Waals surface area contributed by atoms with E-state index in [9.17, 15) is 18.6 Å². The molecule has 0 radical (unpaired) electrons. The first kappa shape index (κ1) is 44.2. The average molecular weight is 859 g/mol. The van der Waals surface area contributed by atoms with Crippen LogP contribution in [-0.4, -0.2) is 109 Å². The van der Waals surface area contributed by atoms with Gasteiger partial charge in [0.15, 0.2) is 5.82 Å². The average Bonchev–Trinajstić information content (AvgIpc) is 3.96. The Morgan fingerprint density at radius 2 is 1.75 bits per heavy atom. The van der Waals surface area contributed by atoms with Crippen molar-refractivity contribution in [3.05, 3.63) is 65.1 Å². The van der Waals surface area contributed by atoms with Crippen LogP contribution in [0.2, 0.25) is 0 Å². The summed E-state index contributed by atoms with van der Waals surface area (Å²) < 4.78 is 32.5. The van der Waals surface area contributed by atoms with E-state index in [0.29, 0.717) is 67.2 Å². The number of anilines is 3. The predicted molar refractivity (Wildman–Crippen MR) is 234 cm³/mol. The number of amides is 2.